The number of rotatable bonds is 14. The topological polar surface area (TPSA) is 284 Å². The van der Waals surface area contributed by atoms with Gasteiger partial charge in [-0.05, 0) is 120 Å². The van der Waals surface area contributed by atoms with Gasteiger partial charge in [-0.1, -0.05) is 73.8 Å². The van der Waals surface area contributed by atoms with Crippen molar-refractivity contribution in [2.75, 3.05) is 85.0 Å². The number of aryl methyl sites for hydroxylation is 2. The smallest absolute Gasteiger partial charge is 0.407 e. The lowest BCUT2D eigenvalue weighted by Gasteiger charge is -2.43. The van der Waals surface area contributed by atoms with Crippen LogP contribution in [-0.2, 0) is 40.3 Å². The number of benzene rings is 4. The van der Waals surface area contributed by atoms with Crippen molar-refractivity contribution in [3.63, 3.8) is 0 Å². The molecule has 6 aromatic rings. The van der Waals surface area contributed by atoms with E-state index in [0.29, 0.717) is 77.6 Å². The first-order valence-corrected chi connectivity index (χ1v) is 30.6. The summed E-state index contributed by atoms with van der Waals surface area (Å²) in [5.41, 5.74) is 21.4. The molecular formula is C69H84N14O7. The number of carboxylic acids is 1. The lowest BCUT2D eigenvalue weighted by molar-refractivity contribution is -0.129. The zero-order chi connectivity index (χ0) is 65.0. The lowest BCUT2D eigenvalue weighted by Crippen LogP contribution is -2.55. The van der Waals surface area contributed by atoms with Crippen molar-refractivity contribution < 1.29 is 33.8 Å². The van der Waals surface area contributed by atoms with E-state index in [2.05, 4.69) is 147 Å². The van der Waals surface area contributed by atoms with Crippen LogP contribution >= 0.6 is 0 Å². The highest BCUT2D eigenvalue weighted by Crippen LogP contribution is 2.39. The Bertz CT molecular complexity index is 3740. The number of ether oxygens (including phenoxy) is 1. The minimum absolute atomic E-state index is 0.00568. The monoisotopic (exact) mass is 1220 g/mol. The van der Waals surface area contributed by atoms with Crippen LogP contribution in [0, 0.1) is 36.5 Å². The fourth-order valence-corrected chi connectivity index (χ4v) is 12.2. The second-order valence-electron chi connectivity index (χ2n) is 24.3. The Balaban J connectivity index is 0.000000198. The number of nitrogens with two attached hydrogens (primary N) is 2. The largest absolute Gasteiger partial charge is 0.477 e. The Hall–Kier alpha value is -9.57. The summed E-state index contributed by atoms with van der Waals surface area (Å²) in [5.74, 6) is -1.70. The van der Waals surface area contributed by atoms with Gasteiger partial charge in [0.1, 0.15) is 11.3 Å². The minimum Gasteiger partial charge on any atom is -0.477 e. The summed E-state index contributed by atoms with van der Waals surface area (Å²) in [7, 11) is 0. The van der Waals surface area contributed by atoms with Crippen LogP contribution in [0.5, 0.6) is 0 Å². The van der Waals surface area contributed by atoms with Crippen molar-refractivity contribution in [1.82, 2.24) is 30.4 Å². The summed E-state index contributed by atoms with van der Waals surface area (Å²) in [6.45, 7) is 27.0. The van der Waals surface area contributed by atoms with Crippen molar-refractivity contribution in [3.8, 4) is 12.1 Å². The van der Waals surface area contributed by atoms with Gasteiger partial charge in [0.2, 0.25) is 11.8 Å². The second-order valence-corrected chi connectivity index (χ2v) is 24.3. The highest BCUT2D eigenvalue weighted by atomic mass is 16.6. The number of aromatic carboxylic acids is 1. The number of anilines is 4. The molecule has 0 aliphatic carbocycles. The van der Waals surface area contributed by atoms with E-state index in [0.717, 1.165) is 64.8 Å². The SMILES string of the molecule is C=CC(=O)N1CCN(c2cc(C(=O)N[C@H](C)CN)nc3c2CCN(c2cccc4cccc(C)c24)C3)C[C@@H]1CC#N.C=CC(=O)N1CCN(c2cc(C(=O)O)nc3c2CCN(c2cccc4cccc(C)c24)C3)C[C@@H]1CC#N.C[C@@H](N)CNC(=O)OC(C)(C)C. The molecule has 0 bridgehead atoms. The van der Waals surface area contributed by atoms with Crippen LogP contribution in [0.1, 0.15) is 102 Å². The standard InChI is InChI=1S/C32H37N7O2.C29H29N5O3.C8H18N2O2/c1-4-30(40)39-16-15-38(19-24(39)11-13-33)29-17-26(32(41)35-22(3)18-34)36-27-20-37(14-12-25(27)29)28-10-6-9-23-8-5-7-21(2)31(23)28;1-3-27(35)34-15-14-33(17-21(34)10-12-30)26-16-23(29(36)37)31-24-18-32(13-11-22(24)26)25-9-5-8-20-7-4-6-19(2)28(20)25;1-6(9)5-10-7(11)12-8(2,3)4/h4-10,17,22,24H,1,11-12,14-16,18-20,34H2,2-3H3,(H,35,41);3-9,16,21H,1,10-11,13-15,17-18H2,2H3,(H,36,37);6H,5,9H2,1-4H3,(H,10,11)/t22-,24+;21-;6-/m101/s1. The molecule has 4 aliphatic heterocycles. The maximum atomic E-state index is 13.3. The van der Waals surface area contributed by atoms with Crippen LogP contribution in [0.15, 0.2) is 110 Å². The third-order valence-electron chi connectivity index (χ3n) is 16.5. The van der Waals surface area contributed by atoms with Gasteiger partial charge in [-0.15, -0.1) is 0 Å². The summed E-state index contributed by atoms with van der Waals surface area (Å²) in [6, 6.07) is 32.4. The molecule has 6 heterocycles. The molecule has 2 saturated heterocycles. The molecule has 4 aromatic carbocycles. The molecule has 10 rings (SSSR count). The molecule has 0 saturated carbocycles. The molecule has 0 radical (unpaired) electrons. The number of piperazine rings is 2. The van der Waals surface area contributed by atoms with Gasteiger partial charge in [-0.25, -0.2) is 19.6 Å². The number of hydrogen-bond donors (Lipinski definition) is 5. The van der Waals surface area contributed by atoms with Crippen LogP contribution < -0.4 is 41.7 Å². The number of carbonyl (C=O) groups excluding carboxylic acids is 4. The van der Waals surface area contributed by atoms with E-state index in [4.69, 9.17) is 21.2 Å². The van der Waals surface area contributed by atoms with E-state index in [9.17, 15) is 39.6 Å². The summed E-state index contributed by atoms with van der Waals surface area (Å²) < 4.78 is 4.98. The van der Waals surface area contributed by atoms with Crippen molar-refractivity contribution >= 4 is 74.1 Å². The van der Waals surface area contributed by atoms with Crippen molar-refractivity contribution in [3.05, 3.63) is 155 Å². The van der Waals surface area contributed by atoms with Crippen LogP contribution in [0.3, 0.4) is 0 Å². The highest BCUT2D eigenvalue weighted by Gasteiger charge is 2.35. The highest BCUT2D eigenvalue weighted by molar-refractivity contribution is 5.99. The third kappa shape index (κ3) is 15.8. The second kappa shape index (κ2) is 29.6. The third-order valence-corrected chi connectivity index (χ3v) is 16.5. The average molecular weight is 1220 g/mol. The Labute approximate surface area is 527 Å². The van der Waals surface area contributed by atoms with Crippen molar-refractivity contribution in [2.45, 2.75) is 117 Å². The Kier molecular flexibility index (Phi) is 21.8. The van der Waals surface area contributed by atoms with Gasteiger partial charge in [-0.3, -0.25) is 14.4 Å². The van der Waals surface area contributed by atoms with Crippen LogP contribution in [0.4, 0.5) is 27.5 Å². The fraction of sp³-hybridized carbons (Fsp3) is 0.406. The molecule has 90 heavy (non-hydrogen) atoms. The van der Waals surface area contributed by atoms with Gasteiger partial charge < -0.3 is 61.3 Å². The molecule has 2 aromatic heterocycles. The van der Waals surface area contributed by atoms with Crippen LogP contribution in [-0.4, -0.2) is 150 Å². The maximum Gasteiger partial charge on any atom is 0.407 e. The normalized spacial score (nSPS) is 16.9. The number of nitriles is 2. The lowest BCUT2D eigenvalue weighted by atomic mass is 9.97. The number of fused-ring (bicyclic) bond motifs is 4. The first-order valence-electron chi connectivity index (χ1n) is 30.6. The summed E-state index contributed by atoms with van der Waals surface area (Å²) in [4.78, 5) is 82.9. The number of pyridine rings is 2. The molecule has 472 valence electrons. The number of carbonyl (C=O) groups is 5. The molecule has 2 fully saturated rings. The first kappa shape index (κ1) is 66.4. The van der Waals surface area contributed by atoms with Gasteiger partial charge in [0.25, 0.3) is 5.91 Å². The van der Waals surface area contributed by atoms with E-state index in [-0.39, 0.29) is 60.4 Å². The predicted molar refractivity (Wildman–Crippen MR) is 352 cm³/mol. The number of nitrogens with zero attached hydrogens (tertiary/aromatic N) is 10. The molecule has 21 heteroatoms. The Morgan fingerprint density at radius 2 is 1.13 bits per heavy atom. The zero-order valence-corrected chi connectivity index (χ0v) is 52.8. The number of nitrogens with one attached hydrogen (secondary N) is 2. The van der Waals surface area contributed by atoms with E-state index in [1.54, 1.807) is 15.9 Å². The van der Waals surface area contributed by atoms with Gasteiger partial charge in [0.05, 0.1) is 61.5 Å². The summed E-state index contributed by atoms with van der Waals surface area (Å²) in [5, 5.41) is 39.0. The quantitative estimate of drug-likeness (QED) is 0.0644. The van der Waals surface area contributed by atoms with E-state index in [1.807, 2.05) is 40.7 Å². The Morgan fingerprint density at radius 3 is 1.54 bits per heavy atom. The van der Waals surface area contributed by atoms with Crippen LogP contribution in [0.2, 0.25) is 0 Å². The minimum atomic E-state index is -1.07. The van der Waals surface area contributed by atoms with Crippen molar-refractivity contribution in [1.29, 1.82) is 10.5 Å². The molecular weight excluding hydrogens is 1140 g/mol. The molecule has 4 aliphatic rings. The van der Waals surface area contributed by atoms with E-state index in [1.165, 1.54) is 44.8 Å². The fourth-order valence-electron chi connectivity index (χ4n) is 12.2. The number of hydrogen-bond acceptors (Lipinski definition) is 16. The number of amides is 4. The molecule has 0 spiro atoms. The van der Waals surface area contributed by atoms with Crippen LogP contribution in [0.25, 0.3) is 21.5 Å². The summed E-state index contributed by atoms with van der Waals surface area (Å²) in [6.07, 6.45) is 4.06. The molecule has 0 unspecified atom stereocenters. The Morgan fingerprint density at radius 1 is 0.689 bits per heavy atom. The maximum absolute atomic E-state index is 13.3. The molecule has 21 nitrogen and oxygen atoms in total. The zero-order valence-electron chi connectivity index (χ0n) is 52.8. The van der Waals surface area contributed by atoms with Crippen molar-refractivity contribution in [2.24, 2.45) is 11.5 Å². The molecule has 4 amide bonds. The predicted octanol–water partition coefficient (Wildman–Crippen LogP) is 8.08. The molecule has 7 N–H and O–H groups in total. The summed E-state index contributed by atoms with van der Waals surface area (Å²) >= 11 is 0. The van der Waals surface area contributed by atoms with Gasteiger partial charge >= 0.3 is 12.1 Å². The average Bonchev–Trinajstić information content (AvgIpc) is 0.965. The van der Waals surface area contributed by atoms with Gasteiger partial charge in [0.15, 0.2) is 5.69 Å². The number of carboxylic acid groups (broad SMARTS) is 1. The van der Waals surface area contributed by atoms with E-state index >= 15 is 0 Å². The van der Waals surface area contributed by atoms with Gasteiger partial charge in [0, 0.05) is 122 Å². The first-order chi connectivity index (χ1) is 43.1. The van der Waals surface area contributed by atoms with Gasteiger partial charge in [-0.2, -0.15) is 10.5 Å². The van der Waals surface area contributed by atoms with E-state index < -0.39 is 17.7 Å². The molecule has 4 atom stereocenters. The number of alkyl carbamates (subject to hydrolysis) is 1. The number of aromatic nitrogens is 2.